The second-order valence-corrected chi connectivity index (χ2v) is 7.80. The van der Waals surface area contributed by atoms with Crippen LogP contribution in [0.4, 0.5) is 0 Å². The van der Waals surface area contributed by atoms with Crippen LogP contribution in [-0.2, 0) is 4.79 Å². The van der Waals surface area contributed by atoms with Gasteiger partial charge in [0.25, 0.3) is 0 Å². The Kier molecular flexibility index (Phi) is 8.11. The maximum Gasteiger partial charge on any atom is 0.194 e. The first-order valence-electron chi connectivity index (χ1n) is 9.46. The van der Waals surface area contributed by atoms with Crippen LogP contribution in [0.5, 0.6) is 5.75 Å². The van der Waals surface area contributed by atoms with Crippen molar-refractivity contribution in [2.45, 2.75) is 44.4 Å². The van der Waals surface area contributed by atoms with Gasteiger partial charge in [0.15, 0.2) is 5.78 Å². The molecule has 0 aromatic heterocycles. The first-order chi connectivity index (χ1) is 13.1. The highest BCUT2D eigenvalue weighted by molar-refractivity contribution is 7.99. The number of hydrogen-bond donors (Lipinski definition) is 0. The molecule has 0 heterocycles. The van der Waals surface area contributed by atoms with Crippen LogP contribution in [0, 0.1) is 5.41 Å². The Morgan fingerprint density at radius 2 is 1.89 bits per heavy atom. The molecule has 1 atom stereocenters. The maximum atomic E-state index is 13.0. The summed E-state index contributed by atoms with van der Waals surface area (Å²) in [5, 5.41) is 0. The number of rotatable bonds is 11. The average molecular weight is 385 g/mol. The summed E-state index contributed by atoms with van der Waals surface area (Å²) in [6.45, 7) is 4.20. The zero-order chi connectivity index (χ0) is 19.7. The molecule has 0 fully saturated rings. The Morgan fingerprint density at radius 3 is 2.48 bits per heavy atom. The molecule has 27 heavy (non-hydrogen) atoms. The zero-order valence-electron chi connectivity index (χ0n) is 16.4. The van der Waals surface area contributed by atoms with E-state index in [-0.39, 0.29) is 11.2 Å². The third-order valence-corrected chi connectivity index (χ3v) is 6.33. The maximum absolute atomic E-state index is 13.0. The summed E-state index contributed by atoms with van der Waals surface area (Å²) in [5.41, 5.74) is 0.961. The van der Waals surface area contributed by atoms with Crippen LogP contribution in [0.25, 0.3) is 0 Å². The molecule has 0 saturated heterocycles. The molecule has 2 aromatic carbocycles. The van der Waals surface area contributed by atoms with Crippen molar-refractivity contribution in [3.63, 3.8) is 0 Å². The molecule has 4 heteroatoms. The van der Waals surface area contributed by atoms with Gasteiger partial charge < -0.3 is 9.53 Å². The number of ketones is 1. The highest BCUT2D eigenvalue weighted by Crippen LogP contribution is 2.37. The van der Waals surface area contributed by atoms with Gasteiger partial charge in [-0.1, -0.05) is 57.0 Å². The minimum absolute atomic E-state index is 0.0116. The number of aldehydes is 1. The van der Waals surface area contributed by atoms with E-state index in [0.29, 0.717) is 22.6 Å². The molecule has 2 rings (SSSR count). The van der Waals surface area contributed by atoms with E-state index >= 15 is 0 Å². The number of ether oxygens (including phenoxy) is 1. The predicted octanol–water partition coefficient (Wildman–Crippen LogP) is 5.80. The Morgan fingerprint density at radius 1 is 1.15 bits per heavy atom. The van der Waals surface area contributed by atoms with Gasteiger partial charge in [-0.2, -0.15) is 0 Å². The predicted molar refractivity (Wildman–Crippen MR) is 112 cm³/mol. The summed E-state index contributed by atoms with van der Waals surface area (Å²) in [5.74, 6) is 1.36. The number of hydrogen-bond acceptors (Lipinski definition) is 4. The van der Waals surface area contributed by atoms with Crippen molar-refractivity contribution >= 4 is 23.8 Å². The summed E-state index contributed by atoms with van der Waals surface area (Å²) < 4.78 is 5.35. The van der Waals surface area contributed by atoms with Crippen molar-refractivity contribution in [1.29, 1.82) is 0 Å². The van der Waals surface area contributed by atoms with Crippen molar-refractivity contribution in [1.82, 2.24) is 0 Å². The average Bonchev–Trinajstić information content (AvgIpc) is 2.74. The third kappa shape index (κ3) is 5.46. The molecule has 0 radical (unpaired) electrons. The smallest absolute Gasteiger partial charge is 0.194 e. The number of methoxy groups -OCH3 is 1. The molecule has 0 saturated carbocycles. The molecule has 2 aromatic rings. The molecule has 0 aliphatic carbocycles. The molecular weight excluding hydrogens is 356 g/mol. The number of thioether (sulfide) groups is 1. The minimum Gasteiger partial charge on any atom is -0.497 e. The van der Waals surface area contributed by atoms with Crippen LogP contribution in [0.3, 0.4) is 0 Å². The second-order valence-electron chi connectivity index (χ2n) is 6.78. The molecular formula is C23H28O3S. The lowest BCUT2D eigenvalue weighted by Gasteiger charge is -2.26. The van der Waals surface area contributed by atoms with E-state index in [9.17, 15) is 9.59 Å². The Labute approximate surface area is 166 Å². The summed E-state index contributed by atoms with van der Waals surface area (Å²) >= 11 is 1.57. The van der Waals surface area contributed by atoms with E-state index < -0.39 is 0 Å². The van der Waals surface area contributed by atoms with Gasteiger partial charge in [0.1, 0.15) is 12.0 Å². The number of benzene rings is 2. The van der Waals surface area contributed by atoms with Gasteiger partial charge in [-0.15, -0.1) is 11.8 Å². The monoisotopic (exact) mass is 384 g/mol. The third-order valence-electron chi connectivity index (χ3n) is 4.97. The van der Waals surface area contributed by atoms with E-state index in [4.69, 9.17) is 4.74 Å². The molecule has 0 aliphatic heterocycles. The Bertz CT molecular complexity index is 757. The van der Waals surface area contributed by atoms with Crippen molar-refractivity contribution in [3.05, 3.63) is 59.7 Å². The van der Waals surface area contributed by atoms with Gasteiger partial charge in [-0.25, -0.2) is 0 Å². The number of carbonyl (C=O) groups is 2. The summed E-state index contributed by atoms with van der Waals surface area (Å²) in [4.78, 5) is 25.7. The summed E-state index contributed by atoms with van der Waals surface area (Å²) in [7, 11) is 1.62. The molecule has 0 spiro atoms. The second kappa shape index (κ2) is 10.3. The first kappa shape index (κ1) is 21.2. The van der Waals surface area contributed by atoms with Crippen molar-refractivity contribution in [2.24, 2.45) is 5.41 Å². The lowest BCUT2D eigenvalue weighted by atomic mass is 9.84. The largest absolute Gasteiger partial charge is 0.497 e. The van der Waals surface area contributed by atoms with E-state index in [0.717, 1.165) is 36.9 Å². The van der Waals surface area contributed by atoms with Crippen LogP contribution in [0.1, 0.15) is 55.5 Å². The molecule has 0 N–H and O–H groups in total. The molecule has 1 unspecified atom stereocenters. The minimum atomic E-state index is -0.350. The topological polar surface area (TPSA) is 43.4 Å². The van der Waals surface area contributed by atoms with Crippen molar-refractivity contribution < 1.29 is 14.3 Å². The van der Waals surface area contributed by atoms with E-state index in [1.807, 2.05) is 48.5 Å². The van der Waals surface area contributed by atoms with E-state index in [2.05, 4.69) is 13.8 Å². The molecule has 0 bridgehead atoms. The quantitative estimate of drug-likeness (QED) is 0.279. The van der Waals surface area contributed by atoms with Gasteiger partial charge in [-0.3, -0.25) is 4.79 Å². The summed E-state index contributed by atoms with van der Waals surface area (Å²) in [6, 6.07) is 14.8. The Balaban J connectivity index is 2.31. The van der Waals surface area contributed by atoms with Crippen molar-refractivity contribution in [3.8, 4) is 5.75 Å². The lowest BCUT2D eigenvalue weighted by Crippen LogP contribution is -2.25. The lowest BCUT2D eigenvalue weighted by molar-refractivity contribution is -0.115. The van der Waals surface area contributed by atoms with Crippen molar-refractivity contribution in [2.75, 3.05) is 12.9 Å². The van der Waals surface area contributed by atoms with Gasteiger partial charge >= 0.3 is 0 Å². The van der Waals surface area contributed by atoms with Gasteiger partial charge in [0.05, 0.1) is 7.11 Å². The van der Waals surface area contributed by atoms with E-state index in [1.165, 1.54) is 0 Å². The Hall–Kier alpha value is -2.07. The highest BCUT2D eigenvalue weighted by Gasteiger charge is 2.28. The van der Waals surface area contributed by atoms with Crippen LogP contribution in [0.15, 0.2) is 53.4 Å². The zero-order valence-corrected chi connectivity index (χ0v) is 17.2. The highest BCUT2D eigenvalue weighted by atomic mass is 32.2. The SMILES string of the molecule is CCCCC(C=O)(CC)CSc1cc(OC)ccc1C(=O)c1ccccc1. The van der Waals surface area contributed by atoms with Crippen LogP contribution in [0.2, 0.25) is 0 Å². The fraction of sp³-hybridized carbons (Fsp3) is 0.391. The number of unbranched alkanes of at least 4 members (excludes halogenated alkanes) is 1. The molecule has 0 aliphatic rings. The van der Waals surface area contributed by atoms with Gasteiger partial charge in [-0.05, 0) is 31.0 Å². The summed E-state index contributed by atoms with van der Waals surface area (Å²) in [6.07, 6.45) is 4.88. The molecule has 144 valence electrons. The van der Waals surface area contributed by atoms with Crippen LogP contribution >= 0.6 is 11.8 Å². The fourth-order valence-electron chi connectivity index (χ4n) is 2.96. The number of carbonyl (C=O) groups excluding carboxylic acids is 2. The molecule has 0 amide bonds. The van der Waals surface area contributed by atoms with E-state index in [1.54, 1.807) is 18.9 Å². The molecule has 3 nitrogen and oxygen atoms in total. The standard InChI is InChI=1S/C23H28O3S/c1-4-6-14-23(5-2,16-24)17-27-21-15-19(26-3)12-13-20(21)22(25)18-10-8-7-9-11-18/h7-13,15-16H,4-6,14,17H2,1-3H3. The van der Waals surface area contributed by atoms with Crippen LogP contribution < -0.4 is 4.74 Å². The normalized spacial score (nSPS) is 13.0. The van der Waals surface area contributed by atoms with Crippen LogP contribution in [-0.4, -0.2) is 24.9 Å². The fourth-order valence-corrected chi connectivity index (χ4v) is 4.33. The first-order valence-corrected chi connectivity index (χ1v) is 10.4. The van der Waals surface area contributed by atoms with Gasteiger partial charge in [0.2, 0.25) is 0 Å². The van der Waals surface area contributed by atoms with Gasteiger partial charge in [0, 0.05) is 27.2 Å².